The second-order valence-electron chi connectivity index (χ2n) is 7.78. The zero-order chi connectivity index (χ0) is 20.1. The molecule has 4 rings (SSSR count). The lowest BCUT2D eigenvalue weighted by Gasteiger charge is -2.26. The van der Waals surface area contributed by atoms with Crippen LogP contribution in [0.4, 0.5) is 4.39 Å². The number of aromatic nitrogens is 3. The molecule has 1 amide bonds. The highest BCUT2D eigenvalue weighted by Crippen LogP contribution is 2.24. The molecule has 3 heterocycles. The Hall–Kier alpha value is -1.93. The summed E-state index contributed by atoms with van der Waals surface area (Å²) in [5.74, 6) is 1.07. The zero-order valence-corrected chi connectivity index (χ0v) is 17.5. The largest absolute Gasteiger partial charge is 0.342 e. The van der Waals surface area contributed by atoms with Crippen molar-refractivity contribution in [3.8, 4) is 5.69 Å². The van der Waals surface area contributed by atoms with Crippen molar-refractivity contribution in [3.05, 3.63) is 35.9 Å². The Morgan fingerprint density at radius 3 is 2.28 bits per heavy atom. The number of rotatable bonds is 6. The normalized spacial score (nSPS) is 18.2. The van der Waals surface area contributed by atoms with E-state index in [0.717, 1.165) is 50.5 Å². The van der Waals surface area contributed by atoms with Crippen LogP contribution in [-0.4, -0.2) is 62.4 Å². The van der Waals surface area contributed by atoms with Crippen molar-refractivity contribution in [1.29, 1.82) is 0 Å². The lowest BCUT2D eigenvalue weighted by molar-refractivity contribution is -0.129. The molecule has 0 bridgehead atoms. The number of piperidine rings is 2. The monoisotopic (exact) mass is 417 g/mol. The summed E-state index contributed by atoms with van der Waals surface area (Å²) in [4.78, 5) is 16.9. The standard InChI is InChI=1S/C21H28FN5OS/c22-17-7-9-18(10-8-17)27-19(15-25-11-3-1-4-12-25)23-24-21(27)29-16-20(28)26-13-5-2-6-14-26/h7-10H,1-6,11-16H2. The van der Waals surface area contributed by atoms with Gasteiger partial charge in [0.25, 0.3) is 0 Å². The molecule has 0 saturated carbocycles. The number of carbonyl (C=O) groups excluding carboxylic acids is 1. The molecule has 29 heavy (non-hydrogen) atoms. The smallest absolute Gasteiger partial charge is 0.233 e. The average Bonchev–Trinajstić information content (AvgIpc) is 3.16. The molecule has 0 N–H and O–H groups in total. The Bertz CT molecular complexity index is 813. The van der Waals surface area contributed by atoms with Crippen molar-refractivity contribution in [2.45, 2.75) is 50.2 Å². The zero-order valence-electron chi connectivity index (χ0n) is 16.7. The van der Waals surface area contributed by atoms with Crippen LogP contribution in [0.3, 0.4) is 0 Å². The SMILES string of the molecule is O=C(CSc1nnc(CN2CCCCC2)n1-c1ccc(F)cc1)N1CCCCC1. The third-order valence-electron chi connectivity index (χ3n) is 5.63. The van der Waals surface area contributed by atoms with Crippen molar-refractivity contribution < 1.29 is 9.18 Å². The summed E-state index contributed by atoms with van der Waals surface area (Å²) in [6.07, 6.45) is 7.06. The maximum atomic E-state index is 13.5. The van der Waals surface area contributed by atoms with E-state index in [1.54, 1.807) is 12.1 Å². The Morgan fingerprint density at radius 1 is 0.931 bits per heavy atom. The molecule has 0 radical (unpaired) electrons. The third kappa shape index (κ3) is 5.17. The van der Waals surface area contributed by atoms with Gasteiger partial charge in [0.1, 0.15) is 5.82 Å². The van der Waals surface area contributed by atoms with Crippen LogP contribution in [0.5, 0.6) is 0 Å². The van der Waals surface area contributed by atoms with E-state index in [1.165, 1.54) is 49.6 Å². The molecule has 2 fully saturated rings. The molecule has 6 nitrogen and oxygen atoms in total. The molecule has 0 atom stereocenters. The molecule has 0 unspecified atom stereocenters. The number of carbonyl (C=O) groups is 1. The topological polar surface area (TPSA) is 54.3 Å². The predicted molar refractivity (Wildman–Crippen MR) is 112 cm³/mol. The minimum Gasteiger partial charge on any atom is -0.342 e. The number of nitrogens with zero attached hydrogens (tertiary/aromatic N) is 5. The van der Waals surface area contributed by atoms with Gasteiger partial charge in [-0.2, -0.15) is 0 Å². The maximum absolute atomic E-state index is 13.5. The van der Waals surface area contributed by atoms with E-state index in [0.29, 0.717) is 17.5 Å². The van der Waals surface area contributed by atoms with E-state index in [-0.39, 0.29) is 11.7 Å². The fraction of sp³-hybridized carbons (Fsp3) is 0.571. The van der Waals surface area contributed by atoms with Gasteiger partial charge < -0.3 is 4.90 Å². The highest BCUT2D eigenvalue weighted by Gasteiger charge is 2.21. The average molecular weight is 418 g/mol. The van der Waals surface area contributed by atoms with Crippen LogP contribution in [0.15, 0.2) is 29.4 Å². The summed E-state index contributed by atoms with van der Waals surface area (Å²) in [5.41, 5.74) is 0.830. The number of benzene rings is 1. The lowest BCUT2D eigenvalue weighted by atomic mass is 10.1. The van der Waals surface area contributed by atoms with Crippen LogP contribution in [0, 0.1) is 5.82 Å². The molecular weight excluding hydrogens is 389 g/mol. The second kappa shape index (κ2) is 9.71. The van der Waals surface area contributed by atoms with E-state index in [2.05, 4.69) is 15.1 Å². The molecule has 1 aromatic heterocycles. The molecule has 0 spiro atoms. The summed E-state index contributed by atoms with van der Waals surface area (Å²) in [6.45, 7) is 4.54. The molecule has 8 heteroatoms. The van der Waals surface area contributed by atoms with Crippen molar-refractivity contribution in [2.75, 3.05) is 31.9 Å². The quantitative estimate of drug-likeness (QED) is 0.674. The Kier molecular flexibility index (Phi) is 6.82. The fourth-order valence-corrected chi connectivity index (χ4v) is 4.90. The Morgan fingerprint density at radius 2 is 1.59 bits per heavy atom. The molecule has 2 saturated heterocycles. The second-order valence-corrected chi connectivity index (χ2v) is 8.72. The Balaban J connectivity index is 1.52. The van der Waals surface area contributed by atoms with Gasteiger partial charge in [0.05, 0.1) is 12.3 Å². The van der Waals surface area contributed by atoms with Crippen molar-refractivity contribution in [2.24, 2.45) is 0 Å². The molecule has 156 valence electrons. The summed E-state index contributed by atoms with van der Waals surface area (Å²) in [6, 6.07) is 6.39. The van der Waals surface area contributed by atoms with Gasteiger partial charge in [-0.05, 0) is 69.5 Å². The van der Waals surface area contributed by atoms with Gasteiger partial charge >= 0.3 is 0 Å². The number of halogens is 1. The third-order valence-corrected chi connectivity index (χ3v) is 6.55. The van der Waals surface area contributed by atoms with Crippen LogP contribution in [0.2, 0.25) is 0 Å². The first-order valence-electron chi connectivity index (χ1n) is 10.5. The lowest BCUT2D eigenvalue weighted by Crippen LogP contribution is -2.36. The van der Waals surface area contributed by atoms with E-state index < -0.39 is 0 Å². The summed E-state index contributed by atoms with van der Waals surface area (Å²) in [5, 5.41) is 9.50. The van der Waals surface area contributed by atoms with Crippen LogP contribution < -0.4 is 0 Å². The van der Waals surface area contributed by atoms with Crippen LogP contribution in [-0.2, 0) is 11.3 Å². The van der Waals surface area contributed by atoms with Crippen LogP contribution >= 0.6 is 11.8 Å². The molecule has 0 aliphatic carbocycles. The first kappa shape index (κ1) is 20.3. The van der Waals surface area contributed by atoms with Gasteiger partial charge in [-0.1, -0.05) is 18.2 Å². The summed E-state index contributed by atoms with van der Waals surface area (Å²) >= 11 is 1.42. The summed E-state index contributed by atoms with van der Waals surface area (Å²) < 4.78 is 15.4. The van der Waals surface area contributed by atoms with Gasteiger partial charge in [-0.3, -0.25) is 14.3 Å². The molecular formula is C21H28FN5OS. The number of hydrogen-bond donors (Lipinski definition) is 0. The predicted octanol–water partition coefficient (Wildman–Crippen LogP) is 3.50. The van der Waals surface area contributed by atoms with E-state index in [1.807, 2.05) is 9.47 Å². The van der Waals surface area contributed by atoms with Gasteiger partial charge in [-0.15, -0.1) is 10.2 Å². The van der Waals surface area contributed by atoms with Crippen molar-refractivity contribution in [3.63, 3.8) is 0 Å². The first-order chi connectivity index (χ1) is 14.2. The van der Waals surface area contributed by atoms with Crippen LogP contribution in [0.1, 0.15) is 44.3 Å². The number of hydrogen-bond acceptors (Lipinski definition) is 5. The molecule has 2 aliphatic heterocycles. The fourth-order valence-electron chi connectivity index (χ4n) is 4.02. The maximum Gasteiger partial charge on any atom is 0.233 e. The van der Waals surface area contributed by atoms with Gasteiger partial charge in [-0.25, -0.2) is 4.39 Å². The number of likely N-dealkylation sites (tertiary alicyclic amines) is 2. The highest BCUT2D eigenvalue weighted by molar-refractivity contribution is 7.99. The van der Waals surface area contributed by atoms with Gasteiger partial charge in [0.2, 0.25) is 5.91 Å². The minimum atomic E-state index is -0.270. The van der Waals surface area contributed by atoms with Crippen LogP contribution in [0.25, 0.3) is 5.69 Å². The molecule has 2 aromatic rings. The van der Waals surface area contributed by atoms with Gasteiger partial charge in [0, 0.05) is 18.8 Å². The van der Waals surface area contributed by atoms with E-state index in [4.69, 9.17) is 0 Å². The van der Waals surface area contributed by atoms with Gasteiger partial charge in [0.15, 0.2) is 11.0 Å². The molecule has 1 aromatic carbocycles. The first-order valence-corrected chi connectivity index (χ1v) is 11.5. The number of thioether (sulfide) groups is 1. The van der Waals surface area contributed by atoms with Crippen molar-refractivity contribution in [1.82, 2.24) is 24.6 Å². The number of amides is 1. The Labute approximate surface area is 175 Å². The molecule has 2 aliphatic rings. The van der Waals surface area contributed by atoms with E-state index in [9.17, 15) is 9.18 Å². The highest BCUT2D eigenvalue weighted by atomic mass is 32.2. The van der Waals surface area contributed by atoms with E-state index >= 15 is 0 Å². The van der Waals surface area contributed by atoms with Crippen molar-refractivity contribution >= 4 is 17.7 Å². The summed E-state index contributed by atoms with van der Waals surface area (Å²) in [7, 11) is 0. The minimum absolute atomic E-state index is 0.154.